The largest absolute Gasteiger partial charge is 0.467 e. The van der Waals surface area contributed by atoms with Crippen molar-refractivity contribution in [2.75, 3.05) is 18.5 Å². The third kappa shape index (κ3) is 4.00. The van der Waals surface area contributed by atoms with Crippen LogP contribution in [0.5, 0.6) is 0 Å². The van der Waals surface area contributed by atoms with Crippen molar-refractivity contribution >= 4 is 22.4 Å². The molecule has 0 spiro atoms. The number of fused-ring (bicyclic) bond motifs is 2. The summed E-state index contributed by atoms with van der Waals surface area (Å²) in [6, 6.07) is 3.64. The van der Waals surface area contributed by atoms with Gasteiger partial charge in [-0.2, -0.15) is 0 Å². The Labute approximate surface area is 192 Å². The minimum Gasteiger partial charge on any atom is -0.467 e. The molecule has 0 aromatic carbocycles. The molecule has 4 N–H and O–H groups in total. The van der Waals surface area contributed by atoms with E-state index in [4.69, 9.17) is 9.40 Å². The number of hydrogen-bond donors (Lipinski definition) is 4. The number of nitrogens with one attached hydrogen (secondary N) is 2. The van der Waals surface area contributed by atoms with Gasteiger partial charge in [-0.05, 0) is 42.7 Å². The Morgan fingerprint density at radius 3 is 2.97 bits per heavy atom. The minimum absolute atomic E-state index is 0.0480. The second-order valence-corrected chi connectivity index (χ2v) is 10.7. The normalized spacial score (nSPS) is 31.4. The van der Waals surface area contributed by atoms with E-state index in [9.17, 15) is 15.0 Å². The van der Waals surface area contributed by atoms with Crippen molar-refractivity contribution in [2.45, 2.75) is 58.1 Å². The summed E-state index contributed by atoms with van der Waals surface area (Å²) >= 11 is 1.60. The van der Waals surface area contributed by atoms with E-state index in [-0.39, 0.29) is 29.8 Å². The highest BCUT2D eigenvalue weighted by atomic mass is 32.1. The van der Waals surface area contributed by atoms with Crippen LogP contribution in [0.15, 0.2) is 35.5 Å². The predicted molar refractivity (Wildman–Crippen MR) is 124 cm³/mol. The van der Waals surface area contributed by atoms with E-state index < -0.39 is 11.5 Å². The Kier molecular flexibility index (Phi) is 6.47. The summed E-state index contributed by atoms with van der Waals surface area (Å²) in [6.45, 7) is 8.84. The maximum atomic E-state index is 13.0. The Balaban J connectivity index is 1.66. The molecule has 32 heavy (non-hydrogen) atoms. The lowest BCUT2D eigenvalue weighted by molar-refractivity contribution is -0.144. The van der Waals surface area contributed by atoms with E-state index in [0.717, 1.165) is 28.5 Å². The van der Waals surface area contributed by atoms with Gasteiger partial charge >= 0.3 is 0 Å². The Morgan fingerprint density at radius 2 is 2.28 bits per heavy atom. The lowest BCUT2D eigenvalue weighted by Gasteiger charge is -2.58. The molecule has 7 nitrogen and oxygen atoms in total. The van der Waals surface area contributed by atoms with Gasteiger partial charge in [0.15, 0.2) is 5.13 Å². The van der Waals surface area contributed by atoms with Crippen molar-refractivity contribution in [3.63, 3.8) is 0 Å². The van der Waals surface area contributed by atoms with Gasteiger partial charge in [0.2, 0.25) is 5.91 Å². The lowest BCUT2D eigenvalue weighted by Crippen LogP contribution is -2.57. The number of carbonyl (C=O) groups excluding carboxylic acids is 1. The molecule has 8 heteroatoms. The number of aromatic nitrogens is 1. The van der Waals surface area contributed by atoms with Crippen molar-refractivity contribution in [3.05, 3.63) is 47.4 Å². The zero-order valence-electron chi connectivity index (χ0n) is 18.8. The molecule has 2 aliphatic carbocycles. The number of aliphatic hydroxyl groups is 2. The molecule has 0 aliphatic heterocycles. The van der Waals surface area contributed by atoms with Crippen molar-refractivity contribution in [1.82, 2.24) is 10.3 Å². The SMILES string of the molecule is C=CCNc1nc2c(s1)CC1C(C)(CO)C(O)CCC1(C)C2CC(=O)NCc1ccco1. The number of rotatable bonds is 8. The van der Waals surface area contributed by atoms with Gasteiger partial charge in [0.1, 0.15) is 5.76 Å². The fourth-order valence-electron chi connectivity index (χ4n) is 5.74. The van der Waals surface area contributed by atoms with Crippen molar-refractivity contribution in [2.24, 2.45) is 16.7 Å². The average Bonchev–Trinajstić information content (AvgIpc) is 3.44. The van der Waals surface area contributed by atoms with Gasteiger partial charge in [0, 0.05) is 29.2 Å². The number of carbonyl (C=O) groups is 1. The zero-order valence-corrected chi connectivity index (χ0v) is 19.6. The topological polar surface area (TPSA) is 108 Å². The van der Waals surface area contributed by atoms with Gasteiger partial charge in [-0.25, -0.2) is 4.98 Å². The molecule has 0 radical (unpaired) electrons. The smallest absolute Gasteiger partial charge is 0.221 e. The summed E-state index contributed by atoms with van der Waals surface area (Å²) < 4.78 is 5.33. The molecule has 1 amide bonds. The second kappa shape index (κ2) is 9.00. The number of nitrogens with zero attached hydrogens (tertiary/aromatic N) is 1. The first kappa shape index (κ1) is 23.0. The van der Waals surface area contributed by atoms with Crippen LogP contribution in [0, 0.1) is 16.7 Å². The first-order valence-corrected chi connectivity index (χ1v) is 12.1. The molecule has 0 saturated heterocycles. The summed E-state index contributed by atoms with van der Waals surface area (Å²) in [5.41, 5.74) is 0.104. The molecule has 2 aromatic heterocycles. The molecule has 5 atom stereocenters. The number of anilines is 1. The van der Waals surface area contributed by atoms with Gasteiger partial charge in [0.25, 0.3) is 0 Å². The van der Waals surface area contributed by atoms with Crippen LogP contribution in [0.25, 0.3) is 0 Å². The highest BCUT2D eigenvalue weighted by molar-refractivity contribution is 7.15. The molecule has 5 unspecified atom stereocenters. The van der Waals surface area contributed by atoms with E-state index in [2.05, 4.69) is 24.1 Å². The fourth-order valence-corrected chi connectivity index (χ4v) is 6.81. The van der Waals surface area contributed by atoms with Crippen LogP contribution in [0.1, 0.15) is 55.4 Å². The van der Waals surface area contributed by atoms with E-state index in [1.165, 1.54) is 0 Å². The quantitative estimate of drug-likeness (QED) is 0.451. The number of hydrogen-bond acceptors (Lipinski definition) is 7. The van der Waals surface area contributed by atoms with Crippen molar-refractivity contribution < 1.29 is 19.4 Å². The molecule has 1 saturated carbocycles. The molecule has 1 fully saturated rings. The van der Waals surface area contributed by atoms with Gasteiger partial charge in [0.05, 0.1) is 31.2 Å². The van der Waals surface area contributed by atoms with Crippen LogP contribution in [0.2, 0.25) is 0 Å². The van der Waals surface area contributed by atoms with Gasteiger partial charge in [-0.15, -0.1) is 17.9 Å². The Morgan fingerprint density at radius 1 is 1.47 bits per heavy atom. The van der Waals surface area contributed by atoms with E-state index in [1.54, 1.807) is 29.7 Å². The van der Waals surface area contributed by atoms with E-state index in [1.807, 2.05) is 13.0 Å². The molecule has 2 aromatic rings. The Hall–Kier alpha value is -2.16. The molecule has 4 rings (SSSR count). The monoisotopic (exact) mass is 459 g/mol. The number of furan rings is 1. The van der Waals surface area contributed by atoms with Crippen LogP contribution >= 0.6 is 11.3 Å². The third-order valence-corrected chi connectivity index (χ3v) is 8.77. The van der Waals surface area contributed by atoms with Gasteiger partial charge in [-0.3, -0.25) is 4.79 Å². The van der Waals surface area contributed by atoms with Crippen LogP contribution in [-0.2, 0) is 17.8 Å². The predicted octanol–water partition coefficient (Wildman–Crippen LogP) is 3.46. The number of thiazole rings is 1. The standard InChI is InChI=1S/C24H33N3O4S/c1-4-9-25-22-27-21-16(11-20(30)26-13-15-6-5-10-31-15)23(2)8-7-19(29)24(3,14-28)18(23)12-17(21)32-22/h4-6,10,16,18-19,28-29H,1,7-9,11-14H2,2-3H3,(H,25,27)(H,26,30). The summed E-state index contributed by atoms with van der Waals surface area (Å²) in [7, 11) is 0. The van der Waals surface area contributed by atoms with Crippen LogP contribution < -0.4 is 10.6 Å². The molecule has 0 bridgehead atoms. The third-order valence-electron chi connectivity index (χ3n) is 7.72. The maximum Gasteiger partial charge on any atom is 0.221 e. The lowest BCUT2D eigenvalue weighted by atomic mass is 9.47. The number of amides is 1. The molecule has 174 valence electrons. The number of aliphatic hydroxyl groups excluding tert-OH is 2. The minimum atomic E-state index is -0.619. The van der Waals surface area contributed by atoms with E-state index in [0.29, 0.717) is 31.7 Å². The summed E-state index contributed by atoms with van der Waals surface area (Å²) in [5, 5.41) is 28.2. The highest BCUT2D eigenvalue weighted by Crippen LogP contribution is 2.62. The van der Waals surface area contributed by atoms with Crippen LogP contribution in [-0.4, -0.2) is 40.4 Å². The summed E-state index contributed by atoms with van der Waals surface area (Å²) in [6.07, 6.45) is 5.27. The molecule has 2 heterocycles. The van der Waals surface area contributed by atoms with Gasteiger partial charge < -0.3 is 25.3 Å². The van der Waals surface area contributed by atoms with Crippen LogP contribution in [0.4, 0.5) is 5.13 Å². The zero-order chi connectivity index (χ0) is 22.9. The summed E-state index contributed by atoms with van der Waals surface area (Å²) in [4.78, 5) is 19.0. The fraction of sp³-hybridized carbons (Fsp3) is 0.583. The van der Waals surface area contributed by atoms with Crippen molar-refractivity contribution in [1.29, 1.82) is 0 Å². The van der Waals surface area contributed by atoms with E-state index >= 15 is 0 Å². The molecule has 2 aliphatic rings. The summed E-state index contributed by atoms with van der Waals surface area (Å²) in [5.74, 6) is 0.614. The van der Waals surface area contributed by atoms with Gasteiger partial charge in [-0.1, -0.05) is 19.9 Å². The average molecular weight is 460 g/mol. The van der Waals surface area contributed by atoms with Crippen molar-refractivity contribution in [3.8, 4) is 0 Å². The highest BCUT2D eigenvalue weighted by Gasteiger charge is 2.59. The first-order chi connectivity index (χ1) is 15.3. The molecular formula is C24H33N3O4S. The Bertz CT molecular complexity index is 959. The second-order valence-electron chi connectivity index (χ2n) is 9.59. The maximum absolute atomic E-state index is 13.0. The first-order valence-electron chi connectivity index (χ1n) is 11.2. The van der Waals surface area contributed by atoms with Crippen LogP contribution in [0.3, 0.4) is 0 Å². The molecular weight excluding hydrogens is 426 g/mol.